The van der Waals surface area contributed by atoms with Crippen molar-refractivity contribution in [2.24, 2.45) is 0 Å². The fourth-order valence-corrected chi connectivity index (χ4v) is 2.48. The molecule has 0 saturated carbocycles. The summed E-state index contributed by atoms with van der Waals surface area (Å²) in [4.78, 5) is 24.5. The third kappa shape index (κ3) is 3.82. The van der Waals surface area contributed by atoms with Crippen LogP contribution in [-0.2, 0) is 16.0 Å². The first kappa shape index (κ1) is 16.6. The van der Waals surface area contributed by atoms with Crippen LogP contribution in [-0.4, -0.2) is 36.9 Å². The van der Waals surface area contributed by atoms with E-state index < -0.39 is 17.9 Å². The molecule has 2 aromatic carbocycles. The molecular formula is C18H17NO6. The van der Waals surface area contributed by atoms with Crippen molar-refractivity contribution in [2.45, 2.75) is 12.5 Å². The lowest BCUT2D eigenvalue weighted by molar-refractivity contribution is -0.142. The number of hydrogen-bond acceptors (Lipinski definition) is 6. The van der Waals surface area contributed by atoms with Gasteiger partial charge in [-0.1, -0.05) is 12.1 Å². The van der Waals surface area contributed by atoms with Crippen LogP contribution >= 0.6 is 0 Å². The van der Waals surface area contributed by atoms with Gasteiger partial charge in [-0.25, -0.2) is 4.79 Å². The van der Waals surface area contributed by atoms with Crippen LogP contribution in [0, 0.1) is 0 Å². The van der Waals surface area contributed by atoms with Crippen LogP contribution in [0.2, 0.25) is 0 Å². The van der Waals surface area contributed by atoms with Crippen LogP contribution in [0.1, 0.15) is 15.9 Å². The molecule has 1 aliphatic rings. The molecule has 2 N–H and O–H groups in total. The Morgan fingerprint density at radius 1 is 1.16 bits per heavy atom. The third-order valence-electron chi connectivity index (χ3n) is 3.80. The lowest BCUT2D eigenvalue weighted by Gasteiger charge is -2.17. The first-order chi connectivity index (χ1) is 12.1. The van der Waals surface area contributed by atoms with Gasteiger partial charge in [0.15, 0.2) is 11.5 Å². The summed E-state index contributed by atoms with van der Waals surface area (Å²) in [6.45, 7) is 0.117. The molecular weight excluding hydrogens is 326 g/mol. The Bertz CT molecular complexity index is 787. The van der Waals surface area contributed by atoms with Crippen molar-refractivity contribution >= 4 is 11.9 Å². The van der Waals surface area contributed by atoms with Gasteiger partial charge in [0.1, 0.15) is 11.8 Å². The topological polar surface area (TPSA) is 94.1 Å². The Kier molecular flexibility index (Phi) is 4.74. The van der Waals surface area contributed by atoms with E-state index in [0.717, 1.165) is 5.56 Å². The van der Waals surface area contributed by atoms with Crippen molar-refractivity contribution in [1.29, 1.82) is 0 Å². The summed E-state index contributed by atoms with van der Waals surface area (Å²) in [5.41, 5.74) is 1.13. The highest BCUT2D eigenvalue weighted by Gasteiger charge is 2.24. The van der Waals surface area contributed by atoms with E-state index in [-0.39, 0.29) is 19.0 Å². The number of carbonyl (C=O) groups is 2. The molecule has 3 rings (SSSR count). The van der Waals surface area contributed by atoms with Crippen LogP contribution in [0.5, 0.6) is 17.2 Å². The van der Waals surface area contributed by atoms with Gasteiger partial charge in [-0.2, -0.15) is 0 Å². The third-order valence-corrected chi connectivity index (χ3v) is 3.80. The van der Waals surface area contributed by atoms with Crippen molar-refractivity contribution in [1.82, 2.24) is 5.32 Å². The van der Waals surface area contributed by atoms with Crippen molar-refractivity contribution in [3.63, 3.8) is 0 Å². The number of hydrogen-bond donors (Lipinski definition) is 2. The molecule has 0 spiro atoms. The number of phenolic OH excluding ortho intramolecular Hbond substituents is 1. The maximum Gasteiger partial charge on any atom is 0.328 e. The summed E-state index contributed by atoms with van der Waals surface area (Å²) in [5.74, 6) is 0.211. The molecule has 2 aromatic rings. The van der Waals surface area contributed by atoms with Crippen LogP contribution in [0.4, 0.5) is 0 Å². The lowest BCUT2D eigenvalue weighted by atomic mass is 10.0. The van der Waals surface area contributed by atoms with E-state index in [2.05, 4.69) is 5.32 Å². The molecule has 1 aliphatic heterocycles. The summed E-state index contributed by atoms with van der Waals surface area (Å²) in [6, 6.07) is 10.3. The summed E-state index contributed by atoms with van der Waals surface area (Å²) >= 11 is 0. The predicted octanol–water partition coefficient (Wildman–Crippen LogP) is 1.63. The second kappa shape index (κ2) is 7.12. The smallest absolute Gasteiger partial charge is 0.328 e. The molecule has 7 heteroatoms. The zero-order valence-corrected chi connectivity index (χ0v) is 13.5. The zero-order valence-electron chi connectivity index (χ0n) is 13.5. The van der Waals surface area contributed by atoms with E-state index in [1.165, 1.54) is 19.2 Å². The SMILES string of the molecule is COC(=O)C(Cc1ccc(O)cc1)NC(=O)c1ccc2c(c1)OCO2. The van der Waals surface area contributed by atoms with Crippen molar-refractivity contribution < 1.29 is 28.9 Å². The van der Waals surface area contributed by atoms with Gasteiger partial charge in [0.05, 0.1) is 7.11 Å². The number of carbonyl (C=O) groups excluding carboxylic acids is 2. The number of benzene rings is 2. The fourth-order valence-electron chi connectivity index (χ4n) is 2.48. The van der Waals surface area contributed by atoms with Crippen molar-refractivity contribution in [3.05, 3.63) is 53.6 Å². The van der Waals surface area contributed by atoms with Crippen LogP contribution in [0.25, 0.3) is 0 Å². The quantitative estimate of drug-likeness (QED) is 0.802. The number of phenols is 1. The van der Waals surface area contributed by atoms with E-state index in [1.54, 1.807) is 30.3 Å². The molecule has 1 unspecified atom stereocenters. The van der Waals surface area contributed by atoms with Crippen molar-refractivity contribution in [3.8, 4) is 17.2 Å². The summed E-state index contributed by atoms with van der Waals surface area (Å²) in [7, 11) is 1.26. The van der Waals surface area contributed by atoms with Gasteiger partial charge in [0.2, 0.25) is 6.79 Å². The van der Waals surface area contributed by atoms with Crippen molar-refractivity contribution in [2.75, 3.05) is 13.9 Å². The Hall–Kier alpha value is -3.22. The number of rotatable bonds is 5. The largest absolute Gasteiger partial charge is 0.508 e. The number of esters is 1. The highest BCUT2D eigenvalue weighted by Crippen LogP contribution is 2.32. The van der Waals surface area contributed by atoms with Crippen LogP contribution in [0.3, 0.4) is 0 Å². The molecule has 1 heterocycles. The van der Waals surface area contributed by atoms with Gasteiger partial charge in [-0.3, -0.25) is 4.79 Å². The van der Waals surface area contributed by atoms with Gasteiger partial charge < -0.3 is 24.6 Å². The van der Waals surface area contributed by atoms with E-state index in [9.17, 15) is 14.7 Å². The Morgan fingerprint density at radius 3 is 2.60 bits per heavy atom. The maximum absolute atomic E-state index is 12.5. The first-order valence-electron chi connectivity index (χ1n) is 7.63. The predicted molar refractivity (Wildman–Crippen MR) is 87.6 cm³/mol. The fraction of sp³-hybridized carbons (Fsp3) is 0.222. The molecule has 0 saturated heterocycles. The average molecular weight is 343 g/mol. The molecule has 7 nitrogen and oxygen atoms in total. The molecule has 130 valence electrons. The Morgan fingerprint density at radius 2 is 1.88 bits per heavy atom. The normalized spacial score (nSPS) is 13.2. The average Bonchev–Trinajstić information content (AvgIpc) is 3.09. The van der Waals surface area contributed by atoms with Gasteiger partial charge in [-0.05, 0) is 35.9 Å². The number of aromatic hydroxyl groups is 1. The maximum atomic E-state index is 12.5. The molecule has 25 heavy (non-hydrogen) atoms. The second-order valence-electron chi connectivity index (χ2n) is 5.49. The molecule has 0 radical (unpaired) electrons. The summed E-state index contributed by atoms with van der Waals surface area (Å²) in [5, 5.41) is 12.0. The van der Waals surface area contributed by atoms with E-state index in [0.29, 0.717) is 17.1 Å². The number of ether oxygens (including phenoxy) is 3. The summed E-state index contributed by atoms with van der Waals surface area (Å²) < 4.78 is 15.2. The number of fused-ring (bicyclic) bond motifs is 1. The number of methoxy groups -OCH3 is 1. The molecule has 1 amide bonds. The highest BCUT2D eigenvalue weighted by molar-refractivity contribution is 5.97. The van der Waals surface area contributed by atoms with Gasteiger partial charge >= 0.3 is 5.97 Å². The summed E-state index contributed by atoms with van der Waals surface area (Å²) in [6.07, 6.45) is 0.239. The van der Waals surface area contributed by atoms with E-state index in [1.807, 2.05) is 0 Å². The lowest BCUT2D eigenvalue weighted by Crippen LogP contribution is -2.43. The van der Waals surface area contributed by atoms with E-state index in [4.69, 9.17) is 14.2 Å². The zero-order chi connectivity index (χ0) is 17.8. The number of amides is 1. The van der Waals surface area contributed by atoms with Gasteiger partial charge in [-0.15, -0.1) is 0 Å². The molecule has 0 aromatic heterocycles. The monoisotopic (exact) mass is 343 g/mol. The first-order valence-corrected chi connectivity index (χ1v) is 7.63. The molecule has 0 aliphatic carbocycles. The van der Waals surface area contributed by atoms with E-state index >= 15 is 0 Å². The minimum Gasteiger partial charge on any atom is -0.508 e. The van der Waals surface area contributed by atoms with Gasteiger partial charge in [0, 0.05) is 12.0 Å². The minimum atomic E-state index is -0.854. The Labute approximate surface area is 144 Å². The van der Waals surface area contributed by atoms with Crippen LogP contribution in [0.15, 0.2) is 42.5 Å². The van der Waals surface area contributed by atoms with Crippen LogP contribution < -0.4 is 14.8 Å². The molecule has 0 bridgehead atoms. The highest BCUT2D eigenvalue weighted by atomic mass is 16.7. The number of nitrogens with one attached hydrogen (secondary N) is 1. The molecule has 0 fully saturated rings. The Balaban J connectivity index is 1.74. The minimum absolute atomic E-state index is 0.117. The second-order valence-corrected chi connectivity index (χ2v) is 5.49. The van der Waals surface area contributed by atoms with Gasteiger partial charge in [0.25, 0.3) is 5.91 Å². The molecule has 1 atom stereocenters. The standard InChI is InChI=1S/C18H17NO6/c1-23-18(22)14(8-11-2-5-13(20)6-3-11)19-17(21)12-4-7-15-16(9-12)25-10-24-15/h2-7,9,14,20H,8,10H2,1H3,(H,19,21).